The molecule has 0 radical (unpaired) electrons. The summed E-state index contributed by atoms with van der Waals surface area (Å²) in [5.41, 5.74) is 0. The highest BCUT2D eigenvalue weighted by atomic mass is 35.5. The molecule has 0 aliphatic carbocycles. The molecule has 0 atom stereocenters. The molecular formula is C12H10ClNO3S3. The molecule has 0 amide bonds. The Balaban J connectivity index is 2.03. The number of sulfonamides is 1. The number of aliphatic hydroxyl groups excluding tert-OH is 1. The molecule has 0 spiro atoms. The van der Waals surface area contributed by atoms with Crippen LogP contribution in [0.15, 0.2) is 28.5 Å². The second-order valence-corrected chi connectivity index (χ2v) is 8.49. The maximum Gasteiger partial charge on any atom is 0.250 e. The van der Waals surface area contributed by atoms with Crippen LogP contribution in [0, 0.1) is 11.8 Å². The number of thiophene rings is 2. The highest BCUT2D eigenvalue weighted by molar-refractivity contribution is 7.91. The molecule has 2 heterocycles. The van der Waals surface area contributed by atoms with Crippen LogP contribution in [0.2, 0.25) is 4.34 Å². The van der Waals surface area contributed by atoms with Crippen molar-refractivity contribution in [2.75, 3.05) is 6.61 Å². The van der Waals surface area contributed by atoms with Crippen molar-refractivity contribution < 1.29 is 13.5 Å². The number of rotatable bonds is 4. The number of nitrogens with one attached hydrogen (secondary N) is 1. The zero-order valence-electron chi connectivity index (χ0n) is 10.1. The summed E-state index contributed by atoms with van der Waals surface area (Å²) in [5.74, 6) is 5.32. The maximum absolute atomic E-state index is 12.0. The Hall–Kier alpha value is -0.880. The summed E-state index contributed by atoms with van der Waals surface area (Å²) in [7, 11) is -3.53. The van der Waals surface area contributed by atoms with E-state index in [9.17, 15) is 8.42 Å². The third-order valence-electron chi connectivity index (χ3n) is 2.20. The number of hydrogen-bond acceptors (Lipinski definition) is 5. The molecule has 8 heteroatoms. The molecule has 4 nitrogen and oxygen atoms in total. The number of hydrogen-bond donors (Lipinski definition) is 2. The van der Waals surface area contributed by atoms with Crippen LogP contribution in [0.25, 0.3) is 0 Å². The SMILES string of the molecule is O=S(=O)(NCc1ccc(C#CCO)s1)c1ccc(Cl)s1. The van der Waals surface area contributed by atoms with Gasteiger partial charge >= 0.3 is 0 Å². The van der Waals surface area contributed by atoms with Crippen LogP contribution in [-0.2, 0) is 16.6 Å². The summed E-state index contributed by atoms with van der Waals surface area (Å²) >= 11 is 8.12. The van der Waals surface area contributed by atoms with E-state index in [0.717, 1.165) is 21.1 Å². The van der Waals surface area contributed by atoms with Gasteiger partial charge in [0.25, 0.3) is 0 Å². The maximum atomic E-state index is 12.0. The molecule has 0 fully saturated rings. The number of halogens is 1. The molecule has 0 unspecified atom stereocenters. The first-order chi connectivity index (χ1) is 9.51. The first-order valence-corrected chi connectivity index (χ1v) is 8.94. The third-order valence-corrected chi connectivity index (χ3v) is 6.33. The van der Waals surface area contributed by atoms with Crippen LogP contribution in [-0.4, -0.2) is 20.1 Å². The predicted molar refractivity (Wildman–Crippen MR) is 81.6 cm³/mol. The lowest BCUT2D eigenvalue weighted by Crippen LogP contribution is -2.21. The summed E-state index contributed by atoms with van der Waals surface area (Å²) in [5, 5.41) is 8.60. The van der Waals surface area contributed by atoms with E-state index in [2.05, 4.69) is 16.6 Å². The van der Waals surface area contributed by atoms with Gasteiger partial charge in [0.1, 0.15) is 10.8 Å². The molecule has 2 aromatic rings. The van der Waals surface area contributed by atoms with Crippen molar-refractivity contribution in [3.05, 3.63) is 38.4 Å². The molecule has 0 aliphatic rings. The van der Waals surface area contributed by atoms with E-state index < -0.39 is 10.0 Å². The fourth-order valence-corrected chi connectivity index (χ4v) is 4.79. The van der Waals surface area contributed by atoms with E-state index in [4.69, 9.17) is 16.7 Å². The van der Waals surface area contributed by atoms with Gasteiger partial charge in [-0.05, 0) is 24.3 Å². The first kappa shape index (κ1) is 15.5. The Morgan fingerprint density at radius 2 is 2.05 bits per heavy atom. The summed E-state index contributed by atoms with van der Waals surface area (Å²) in [6, 6.07) is 6.62. The normalized spacial score (nSPS) is 11.1. The fraction of sp³-hybridized carbons (Fsp3) is 0.167. The van der Waals surface area contributed by atoms with E-state index in [-0.39, 0.29) is 17.4 Å². The van der Waals surface area contributed by atoms with E-state index in [0.29, 0.717) is 4.34 Å². The van der Waals surface area contributed by atoms with Crippen molar-refractivity contribution in [3.8, 4) is 11.8 Å². The van der Waals surface area contributed by atoms with Gasteiger partial charge in [-0.1, -0.05) is 23.4 Å². The first-order valence-electron chi connectivity index (χ1n) is 5.45. The van der Waals surface area contributed by atoms with Crippen LogP contribution in [0.4, 0.5) is 0 Å². The van der Waals surface area contributed by atoms with Crippen LogP contribution < -0.4 is 4.72 Å². The van der Waals surface area contributed by atoms with Crippen LogP contribution in [0.3, 0.4) is 0 Å². The van der Waals surface area contributed by atoms with Gasteiger partial charge in [-0.25, -0.2) is 13.1 Å². The lowest BCUT2D eigenvalue weighted by Gasteiger charge is -2.02. The summed E-state index contributed by atoms with van der Waals surface area (Å²) in [6.07, 6.45) is 0. The van der Waals surface area contributed by atoms with Gasteiger partial charge in [0.2, 0.25) is 10.0 Å². The van der Waals surface area contributed by atoms with Crippen molar-refractivity contribution in [2.24, 2.45) is 0 Å². The molecule has 0 bridgehead atoms. The van der Waals surface area contributed by atoms with E-state index in [1.807, 2.05) is 0 Å². The Kier molecular flexibility index (Phi) is 5.21. The molecule has 0 aliphatic heterocycles. The van der Waals surface area contributed by atoms with Crippen LogP contribution in [0.5, 0.6) is 0 Å². The summed E-state index contributed by atoms with van der Waals surface area (Å²) < 4.78 is 27.1. The van der Waals surface area contributed by atoms with Crippen molar-refractivity contribution in [1.82, 2.24) is 4.72 Å². The summed E-state index contributed by atoms with van der Waals surface area (Å²) in [4.78, 5) is 1.63. The molecule has 0 saturated heterocycles. The van der Waals surface area contributed by atoms with Gasteiger partial charge in [-0.2, -0.15) is 0 Å². The molecule has 2 N–H and O–H groups in total. The Morgan fingerprint density at radius 3 is 2.70 bits per heavy atom. The average molecular weight is 348 g/mol. The molecule has 20 heavy (non-hydrogen) atoms. The second-order valence-electron chi connectivity index (χ2n) is 3.61. The van der Waals surface area contributed by atoms with E-state index in [1.54, 1.807) is 18.2 Å². The Labute approximate surface area is 130 Å². The minimum absolute atomic E-state index is 0.194. The average Bonchev–Trinajstić information content (AvgIpc) is 3.03. The summed E-state index contributed by atoms with van der Waals surface area (Å²) in [6.45, 7) is 0.00231. The molecular weight excluding hydrogens is 338 g/mol. The van der Waals surface area contributed by atoms with Crippen molar-refractivity contribution in [3.63, 3.8) is 0 Å². The van der Waals surface area contributed by atoms with Crippen LogP contribution in [0.1, 0.15) is 9.75 Å². The zero-order chi connectivity index (χ0) is 14.6. The largest absolute Gasteiger partial charge is 0.384 e. The minimum atomic E-state index is -3.53. The lowest BCUT2D eigenvalue weighted by molar-refractivity contribution is 0.350. The van der Waals surface area contributed by atoms with E-state index in [1.165, 1.54) is 17.4 Å². The van der Waals surface area contributed by atoms with Crippen molar-refractivity contribution in [1.29, 1.82) is 0 Å². The molecule has 2 aromatic heterocycles. The van der Waals surface area contributed by atoms with Gasteiger partial charge in [0.05, 0.1) is 9.21 Å². The topological polar surface area (TPSA) is 66.4 Å². The Morgan fingerprint density at radius 1 is 1.25 bits per heavy atom. The second kappa shape index (κ2) is 6.72. The van der Waals surface area contributed by atoms with Crippen molar-refractivity contribution >= 4 is 44.3 Å². The highest BCUT2D eigenvalue weighted by Crippen LogP contribution is 2.25. The molecule has 0 saturated carbocycles. The zero-order valence-corrected chi connectivity index (χ0v) is 13.3. The predicted octanol–water partition coefficient (Wildman–Crippen LogP) is 2.29. The van der Waals surface area contributed by atoms with Crippen LogP contribution >= 0.6 is 34.3 Å². The standard InChI is InChI=1S/C12H10ClNO3S3/c13-11-5-6-12(19-11)20(16,17)14-8-10-4-3-9(18-10)2-1-7-15/h3-6,14-15H,7-8H2. The molecule has 106 valence electrons. The Bertz CT molecular complexity index is 752. The van der Waals surface area contributed by atoms with E-state index >= 15 is 0 Å². The quantitative estimate of drug-likeness (QED) is 0.834. The van der Waals surface area contributed by atoms with Gasteiger partial charge in [-0.3, -0.25) is 0 Å². The fourth-order valence-electron chi connectivity index (χ4n) is 1.35. The third kappa shape index (κ3) is 4.06. The lowest BCUT2D eigenvalue weighted by atomic mass is 10.4. The minimum Gasteiger partial charge on any atom is -0.384 e. The monoisotopic (exact) mass is 347 g/mol. The van der Waals surface area contributed by atoms with Gasteiger partial charge < -0.3 is 5.11 Å². The highest BCUT2D eigenvalue weighted by Gasteiger charge is 2.16. The van der Waals surface area contributed by atoms with Gasteiger partial charge in [0.15, 0.2) is 0 Å². The van der Waals surface area contributed by atoms with Gasteiger partial charge in [-0.15, -0.1) is 22.7 Å². The van der Waals surface area contributed by atoms with Gasteiger partial charge in [0, 0.05) is 11.4 Å². The molecule has 0 aromatic carbocycles. The smallest absolute Gasteiger partial charge is 0.250 e. The number of aliphatic hydroxyl groups is 1. The molecule has 2 rings (SSSR count). The van der Waals surface area contributed by atoms with Crippen molar-refractivity contribution in [2.45, 2.75) is 10.8 Å².